The van der Waals surface area contributed by atoms with Crippen molar-refractivity contribution in [3.05, 3.63) is 70.7 Å². The summed E-state index contributed by atoms with van der Waals surface area (Å²) < 4.78 is 5.66. The highest BCUT2D eigenvalue weighted by atomic mass is 35.5. The summed E-state index contributed by atoms with van der Waals surface area (Å²) in [7, 11) is 0. The number of hydrogen-bond donors (Lipinski definition) is 3. The first-order chi connectivity index (χ1) is 13.2. The molecule has 0 aromatic heterocycles. The van der Waals surface area contributed by atoms with Crippen LogP contribution in [0.2, 0.25) is 5.02 Å². The second-order valence-electron chi connectivity index (χ2n) is 6.65. The van der Waals surface area contributed by atoms with Crippen molar-refractivity contribution >= 4 is 17.5 Å². The smallest absolute Gasteiger partial charge is 0.226 e. The number of hydrogen-bond acceptors (Lipinski definition) is 4. The zero-order valence-electron chi connectivity index (χ0n) is 15.3. The van der Waals surface area contributed by atoms with E-state index < -0.39 is 0 Å². The molecule has 2 aromatic carbocycles. The van der Waals surface area contributed by atoms with Crippen LogP contribution in [0.4, 0.5) is 0 Å². The van der Waals surface area contributed by atoms with E-state index >= 15 is 0 Å². The molecule has 2 aromatic rings. The molecule has 1 saturated heterocycles. The predicted octanol–water partition coefficient (Wildman–Crippen LogP) is 2.87. The fraction of sp³-hybridized carbons (Fsp3) is 0.381. The van der Waals surface area contributed by atoms with Gasteiger partial charge in [-0.25, -0.2) is 5.43 Å². The zero-order valence-corrected chi connectivity index (χ0v) is 16.0. The number of benzene rings is 2. The summed E-state index contributed by atoms with van der Waals surface area (Å²) in [6.07, 6.45) is 1.72. The van der Waals surface area contributed by atoms with Gasteiger partial charge < -0.3 is 10.1 Å². The Morgan fingerprint density at radius 2 is 1.89 bits per heavy atom. The predicted molar refractivity (Wildman–Crippen MR) is 107 cm³/mol. The molecule has 5 nitrogen and oxygen atoms in total. The van der Waals surface area contributed by atoms with Gasteiger partial charge in [-0.1, -0.05) is 54.1 Å². The van der Waals surface area contributed by atoms with Crippen LogP contribution in [-0.2, 0) is 16.0 Å². The van der Waals surface area contributed by atoms with Crippen molar-refractivity contribution in [3.8, 4) is 0 Å². The van der Waals surface area contributed by atoms with Gasteiger partial charge in [0.2, 0.25) is 5.91 Å². The third kappa shape index (κ3) is 6.04. The quantitative estimate of drug-likeness (QED) is 0.579. The SMILES string of the molecule is O=C(NCCCOCCc1ccccc1)C1CNNC1c1ccc(Cl)cc1. The largest absolute Gasteiger partial charge is 0.381 e. The number of nitrogens with one attached hydrogen (secondary N) is 3. The Balaban J connectivity index is 1.33. The van der Waals surface area contributed by atoms with E-state index in [4.69, 9.17) is 16.3 Å². The fourth-order valence-electron chi connectivity index (χ4n) is 3.18. The Hall–Kier alpha value is -1.92. The molecule has 3 N–H and O–H groups in total. The minimum absolute atomic E-state index is 0.0515. The average molecular weight is 388 g/mol. The topological polar surface area (TPSA) is 62.4 Å². The molecule has 0 radical (unpaired) electrons. The first-order valence-corrected chi connectivity index (χ1v) is 9.75. The Morgan fingerprint density at radius 1 is 1.11 bits per heavy atom. The molecule has 27 heavy (non-hydrogen) atoms. The summed E-state index contributed by atoms with van der Waals surface area (Å²) in [5.41, 5.74) is 8.59. The number of ether oxygens (including phenoxy) is 1. The second kappa shape index (κ2) is 10.4. The highest BCUT2D eigenvalue weighted by Crippen LogP contribution is 2.26. The van der Waals surface area contributed by atoms with Crippen LogP contribution in [-0.4, -0.2) is 32.2 Å². The van der Waals surface area contributed by atoms with Crippen LogP contribution in [0.25, 0.3) is 0 Å². The lowest BCUT2D eigenvalue weighted by atomic mass is 9.94. The van der Waals surface area contributed by atoms with Gasteiger partial charge in [-0.05, 0) is 36.1 Å². The highest BCUT2D eigenvalue weighted by Gasteiger charge is 2.33. The van der Waals surface area contributed by atoms with Crippen molar-refractivity contribution in [1.82, 2.24) is 16.2 Å². The molecule has 1 aliphatic heterocycles. The van der Waals surface area contributed by atoms with Crippen molar-refractivity contribution in [2.75, 3.05) is 26.3 Å². The summed E-state index contributed by atoms with van der Waals surface area (Å²) >= 11 is 5.95. The van der Waals surface area contributed by atoms with Crippen LogP contribution in [0.1, 0.15) is 23.6 Å². The third-order valence-corrected chi connectivity index (χ3v) is 4.94. The second-order valence-corrected chi connectivity index (χ2v) is 7.09. The van der Waals surface area contributed by atoms with E-state index in [9.17, 15) is 4.79 Å². The Labute approximate surface area is 165 Å². The van der Waals surface area contributed by atoms with E-state index in [1.807, 2.05) is 42.5 Å². The van der Waals surface area contributed by atoms with Gasteiger partial charge in [0.25, 0.3) is 0 Å². The van der Waals surface area contributed by atoms with Gasteiger partial charge in [-0.15, -0.1) is 0 Å². The lowest BCUT2D eigenvalue weighted by molar-refractivity contribution is -0.124. The molecule has 1 fully saturated rings. The molecule has 0 aliphatic carbocycles. The van der Waals surface area contributed by atoms with Crippen LogP contribution in [0, 0.1) is 5.92 Å². The van der Waals surface area contributed by atoms with Crippen LogP contribution >= 0.6 is 11.6 Å². The molecule has 0 spiro atoms. The van der Waals surface area contributed by atoms with E-state index in [1.165, 1.54) is 5.56 Å². The fourth-order valence-corrected chi connectivity index (χ4v) is 3.31. The molecule has 1 heterocycles. The van der Waals surface area contributed by atoms with Crippen molar-refractivity contribution < 1.29 is 9.53 Å². The summed E-state index contributed by atoms with van der Waals surface area (Å²) in [4.78, 5) is 12.5. The van der Waals surface area contributed by atoms with Crippen molar-refractivity contribution in [2.45, 2.75) is 18.9 Å². The van der Waals surface area contributed by atoms with E-state index in [0.29, 0.717) is 31.3 Å². The van der Waals surface area contributed by atoms with Gasteiger partial charge in [-0.3, -0.25) is 10.2 Å². The summed E-state index contributed by atoms with van der Waals surface area (Å²) in [6.45, 7) is 2.57. The summed E-state index contributed by atoms with van der Waals surface area (Å²) in [6, 6.07) is 17.8. The first kappa shape index (κ1) is 19.8. The van der Waals surface area contributed by atoms with Crippen LogP contribution in [0.3, 0.4) is 0 Å². The lowest BCUT2D eigenvalue weighted by Crippen LogP contribution is -2.35. The number of hydrazine groups is 1. The van der Waals surface area contributed by atoms with Gasteiger partial charge in [-0.2, -0.15) is 0 Å². The van der Waals surface area contributed by atoms with E-state index in [0.717, 1.165) is 18.4 Å². The molecule has 0 saturated carbocycles. The number of rotatable bonds is 9. The monoisotopic (exact) mass is 387 g/mol. The number of carbonyl (C=O) groups is 1. The first-order valence-electron chi connectivity index (χ1n) is 9.37. The van der Waals surface area contributed by atoms with Crippen molar-refractivity contribution in [1.29, 1.82) is 0 Å². The van der Waals surface area contributed by atoms with Gasteiger partial charge in [0.1, 0.15) is 0 Å². The van der Waals surface area contributed by atoms with Gasteiger partial charge in [0, 0.05) is 24.7 Å². The maximum absolute atomic E-state index is 12.5. The highest BCUT2D eigenvalue weighted by molar-refractivity contribution is 6.30. The molecule has 144 valence electrons. The molecule has 0 bridgehead atoms. The van der Waals surface area contributed by atoms with Crippen LogP contribution in [0.15, 0.2) is 54.6 Å². The Morgan fingerprint density at radius 3 is 2.67 bits per heavy atom. The number of amides is 1. The van der Waals surface area contributed by atoms with Crippen LogP contribution in [0.5, 0.6) is 0 Å². The van der Waals surface area contributed by atoms with E-state index in [1.54, 1.807) is 0 Å². The summed E-state index contributed by atoms with van der Waals surface area (Å²) in [5.74, 6) is -0.0955. The van der Waals surface area contributed by atoms with Crippen molar-refractivity contribution in [2.24, 2.45) is 5.92 Å². The Bertz CT molecular complexity index is 709. The molecule has 3 rings (SSSR count). The summed E-state index contributed by atoms with van der Waals surface area (Å²) in [5, 5.41) is 3.71. The molecular weight excluding hydrogens is 362 g/mol. The lowest BCUT2D eigenvalue weighted by Gasteiger charge is -2.18. The maximum atomic E-state index is 12.5. The molecule has 1 aliphatic rings. The van der Waals surface area contributed by atoms with Crippen molar-refractivity contribution in [3.63, 3.8) is 0 Å². The third-order valence-electron chi connectivity index (χ3n) is 4.69. The van der Waals surface area contributed by atoms with E-state index in [-0.39, 0.29) is 17.9 Å². The molecule has 6 heteroatoms. The van der Waals surface area contributed by atoms with E-state index in [2.05, 4.69) is 28.3 Å². The normalized spacial score (nSPS) is 19.1. The molecule has 2 atom stereocenters. The number of carbonyl (C=O) groups excluding carboxylic acids is 1. The standard InChI is InChI=1S/C21H26ClN3O2/c22-18-9-7-17(8-10-18)20-19(15-24-25-20)21(26)23-12-4-13-27-14-11-16-5-2-1-3-6-16/h1-3,5-10,19-20,24-25H,4,11-15H2,(H,23,26). The minimum atomic E-state index is -0.148. The molecule has 1 amide bonds. The Kier molecular flexibility index (Phi) is 7.66. The molecular formula is C21H26ClN3O2. The van der Waals surface area contributed by atoms with Crippen LogP contribution < -0.4 is 16.2 Å². The van der Waals surface area contributed by atoms with Gasteiger partial charge >= 0.3 is 0 Å². The molecule has 2 unspecified atom stereocenters. The maximum Gasteiger partial charge on any atom is 0.226 e. The average Bonchev–Trinajstić information content (AvgIpc) is 3.18. The van der Waals surface area contributed by atoms with Gasteiger partial charge in [0.15, 0.2) is 0 Å². The zero-order chi connectivity index (χ0) is 18.9. The minimum Gasteiger partial charge on any atom is -0.381 e. The number of halogens is 1. The van der Waals surface area contributed by atoms with Gasteiger partial charge in [0.05, 0.1) is 18.6 Å².